The molecule has 0 saturated carbocycles. The molecule has 2 aromatic rings. The van der Waals surface area contributed by atoms with Crippen molar-refractivity contribution in [3.63, 3.8) is 0 Å². The molecule has 64 heavy (non-hydrogen) atoms. The van der Waals surface area contributed by atoms with Crippen LogP contribution in [0.15, 0.2) is 69.9 Å². The fourth-order valence-corrected chi connectivity index (χ4v) is 8.87. The molecule has 360 valence electrons. The molecule has 2 atom stereocenters. The van der Waals surface area contributed by atoms with Crippen LogP contribution >= 0.6 is 27.0 Å². The Morgan fingerprint density at radius 3 is 1.02 bits per heavy atom. The molecule has 4 nitrogen and oxygen atoms in total. The van der Waals surface area contributed by atoms with Crippen LogP contribution in [0.3, 0.4) is 0 Å². The van der Waals surface area contributed by atoms with E-state index in [1.54, 1.807) is 0 Å². The third-order valence-electron chi connectivity index (χ3n) is 13.8. The zero-order chi connectivity index (χ0) is 46.4. The maximum absolute atomic E-state index is 10.4. The third-order valence-corrected chi connectivity index (χ3v) is 13.8. The lowest BCUT2D eigenvalue weighted by Crippen LogP contribution is -2.37. The fraction of sp³-hybridized carbons (Fsp3) is 0.586. The van der Waals surface area contributed by atoms with E-state index in [1.807, 2.05) is 27.7 Å². The van der Waals surface area contributed by atoms with Crippen molar-refractivity contribution in [3.05, 3.63) is 114 Å². The summed E-state index contributed by atoms with van der Waals surface area (Å²) in [7, 11) is 0. The van der Waals surface area contributed by atoms with E-state index in [0.29, 0.717) is 11.5 Å². The number of hydrogen-bond donors (Lipinski definition) is 2. The lowest BCUT2D eigenvalue weighted by atomic mass is 9.85. The second-order valence-corrected chi connectivity index (χ2v) is 20.2. The van der Waals surface area contributed by atoms with Gasteiger partial charge in [0.05, 0.1) is 0 Å². The molecule has 2 aliphatic heterocycles. The summed E-state index contributed by atoms with van der Waals surface area (Å²) in [6.07, 6.45) is 31.5. The highest BCUT2D eigenvalue weighted by atomic mass is 32.1. The summed E-state index contributed by atoms with van der Waals surface area (Å²) in [5.41, 5.74) is 16.9. The highest BCUT2D eigenvalue weighted by Gasteiger charge is 2.35. The Bertz CT molecular complexity index is 1890. The molecule has 0 radical (unpaired) electrons. The molecule has 0 fully saturated rings. The Hall–Kier alpha value is -3.22. The van der Waals surface area contributed by atoms with Gasteiger partial charge in [-0.2, -0.15) is 27.0 Å². The van der Waals surface area contributed by atoms with Gasteiger partial charge in [0.25, 0.3) is 0 Å². The zero-order valence-electron chi connectivity index (χ0n) is 43.5. The fourth-order valence-electron chi connectivity index (χ4n) is 8.87. The van der Waals surface area contributed by atoms with Crippen LogP contribution in [0.1, 0.15) is 204 Å². The van der Waals surface area contributed by atoms with Crippen LogP contribution in [0.4, 0.5) is 0 Å². The Kier molecular flexibility index (Phi) is 25.2. The molecule has 6 heteroatoms. The van der Waals surface area contributed by atoms with Crippen LogP contribution in [-0.4, -0.2) is 21.4 Å². The number of aromatic hydroxyl groups is 2. The lowest BCUT2D eigenvalue weighted by Gasteiger charge is -2.38. The predicted octanol–water partition coefficient (Wildman–Crippen LogP) is 17.4. The van der Waals surface area contributed by atoms with Crippen LogP contribution < -0.4 is 9.47 Å². The van der Waals surface area contributed by atoms with E-state index in [1.165, 1.54) is 57.4 Å². The first-order chi connectivity index (χ1) is 29.1. The maximum atomic E-state index is 10.4. The molecule has 4 rings (SSSR count). The smallest absolute Gasteiger partial charge is 0.127 e. The monoisotopic (exact) mass is 917 g/mol. The van der Waals surface area contributed by atoms with E-state index in [2.05, 4.69) is 120 Å². The van der Waals surface area contributed by atoms with Crippen molar-refractivity contribution in [2.24, 2.45) is 0 Å². The minimum absolute atomic E-state index is 0. The van der Waals surface area contributed by atoms with E-state index in [9.17, 15) is 10.2 Å². The molecule has 0 unspecified atom stereocenters. The van der Waals surface area contributed by atoms with Crippen molar-refractivity contribution in [1.82, 2.24) is 0 Å². The molecule has 2 aromatic carbocycles. The standard InChI is InChI=1S/2C29H44O2.2H2S/c2*1-20(2)12-9-13-21(3)14-10-15-22(4)16-11-18-29(8)19-17-26-25(7)27(30)23(5)24(6)28(26)31-29;;/h2*12,14,16,30H,9-11,13,15,17-19H2,1-8H3;2*1H2/b21-14-,22-16+;21-14-,22-16-;;/t2*29-;;/m00../s1. The van der Waals surface area contributed by atoms with Gasteiger partial charge in [-0.05, 0) is 247 Å². The number of hydrogen-bond acceptors (Lipinski definition) is 4. The Labute approximate surface area is 406 Å². The van der Waals surface area contributed by atoms with E-state index in [0.717, 1.165) is 135 Å². The summed E-state index contributed by atoms with van der Waals surface area (Å²) in [4.78, 5) is 0. The van der Waals surface area contributed by atoms with Crippen molar-refractivity contribution in [2.45, 2.75) is 225 Å². The van der Waals surface area contributed by atoms with Gasteiger partial charge in [0, 0.05) is 11.1 Å². The number of fused-ring (bicyclic) bond motifs is 2. The first kappa shape index (κ1) is 58.8. The van der Waals surface area contributed by atoms with E-state index in [4.69, 9.17) is 9.47 Å². The molecule has 0 aliphatic carbocycles. The SMILES string of the molecule is CC(C)=CCC/C(C)=C\CC/C(C)=C/CC[C@@]1(C)CCc2c(C)c(O)c(C)c(C)c2O1.CC(C)=CCC/C(C)=C\CC/C(C)=C\CC[C@@]1(C)CCc2c(C)c(O)c(C)c(C)c2O1.S.S. The van der Waals surface area contributed by atoms with Crippen LogP contribution in [0, 0.1) is 41.5 Å². The van der Waals surface area contributed by atoms with E-state index < -0.39 is 0 Å². The number of benzene rings is 2. The van der Waals surface area contributed by atoms with Gasteiger partial charge < -0.3 is 19.7 Å². The van der Waals surface area contributed by atoms with Crippen LogP contribution in [0.2, 0.25) is 0 Å². The van der Waals surface area contributed by atoms with E-state index in [-0.39, 0.29) is 38.2 Å². The van der Waals surface area contributed by atoms with Crippen molar-refractivity contribution >= 4 is 27.0 Å². The summed E-state index contributed by atoms with van der Waals surface area (Å²) in [6.45, 7) is 34.3. The molecule has 0 saturated heterocycles. The van der Waals surface area contributed by atoms with Gasteiger partial charge in [0.15, 0.2) is 0 Å². The lowest BCUT2D eigenvalue weighted by molar-refractivity contribution is 0.0555. The quantitative estimate of drug-likeness (QED) is 0.146. The van der Waals surface area contributed by atoms with Gasteiger partial charge in [-0.15, -0.1) is 0 Å². The molecule has 2 aliphatic rings. The highest BCUT2D eigenvalue weighted by molar-refractivity contribution is 7.59. The van der Waals surface area contributed by atoms with Crippen molar-refractivity contribution in [3.8, 4) is 23.0 Å². The maximum Gasteiger partial charge on any atom is 0.127 e. The largest absolute Gasteiger partial charge is 0.507 e. The van der Waals surface area contributed by atoms with Crippen LogP contribution in [0.5, 0.6) is 23.0 Å². The normalized spacial score (nSPS) is 18.5. The third kappa shape index (κ3) is 17.9. The summed E-state index contributed by atoms with van der Waals surface area (Å²) in [6, 6.07) is 0. The number of allylic oxidation sites excluding steroid dienone is 12. The Balaban J connectivity index is 0.000000621. The highest BCUT2D eigenvalue weighted by Crippen LogP contribution is 2.46. The second kappa shape index (κ2) is 27.4. The molecule has 0 amide bonds. The van der Waals surface area contributed by atoms with Gasteiger partial charge >= 0.3 is 0 Å². The van der Waals surface area contributed by atoms with Crippen molar-refractivity contribution in [1.29, 1.82) is 0 Å². The Morgan fingerprint density at radius 2 is 0.719 bits per heavy atom. The first-order valence-electron chi connectivity index (χ1n) is 24.0. The van der Waals surface area contributed by atoms with Crippen molar-refractivity contribution < 1.29 is 19.7 Å². The number of rotatable bonds is 18. The summed E-state index contributed by atoms with van der Waals surface area (Å²) >= 11 is 0. The van der Waals surface area contributed by atoms with Gasteiger partial charge in [0.2, 0.25) is 0 Å². The van der Waals surface area contributed by atoms with Crippen molar-refractivity contribution in [2.75, 3.05) is 0 Å². The predicted molar refractivity (Wildman–Crippen MR) is 289 cm³/mol. The van der Waals surface area contributed by atoms with Crippen LogP contribution in [0.25, 0.3) is 0 Å². The molecule has 0 bridgehead atoms. The Morgan fingerprint density at radius 1 is 0.438 bits per heavy atom. The molecule has 0 spiro atoms. The van der Waals surface area contributed by atoms with Gasteiger partial charge in [-0.3, -0.25) is 0 Å². The summed E-state index contributed by atoms with van der Waals surface area (Å²) in [5, 5.41) is 20.8. The van der Waals surface area contributed by atoms with Crippen LogP contribution in [-0.2, 0) is 12.8 Å². The number of phenolic OH excluding ortho intramolecular Hbond substituents is 2. The molecule has 2 N–H and O–H groups in total. The average Bonchev–Trinajstić information content (AvgIpc) is 3.20. The number of ether oxygens (including phenoxy) is 2. The topological polar surface area (TPSA) is 58.9 Å². The first-order valence-corrected chi connectivity index (χ1v) is 24.0. The minimum atomic E-state index is -0.133. The minimum Gasteiger partial charge on any atom is -0.507 e. The zero-order valence-corrected chi connectivity index (χ0v) is 45.5. The summed E-state index contributed by atoms with van der Waals surface area (Å²) < 4.78 is 13.1. The molecular weight excluding hydrogens is 825 g/mol. The molecule has 0 aromatic heterocycles. The summed E-state index contributed by atoms with van der Waals surface area (Å²) in [5.74, 6) is 2.89. The van der Waals surface area contributed by atoms with Gasteiger partial charge in [0.1, 0.15) is 34.2 Å². The van der Waals surface area contributed by atoms with Gasteiger partial charge in [-0.25, -0.2) is 0 Å². The molecular formula is C58H92O4S2. The van der Waals surface area contributed by atoms with E-state index >= 15 is 0 Å². The second-order valence-electron chi connectivity index (χ2n) is 20.2. The number of phenols is 2. The molecule has 2 heterocycles. The van der Waals surface area contributed by atoms with Gasteiger partial charge in [-0.1, -0.05) is 69.9 Å². The average molecular weight is 918 g/mol.